The molecule has 0 spiro atoms. The van der Waals surface area contributed by atoms with Crippen LogP contribution in [0.25, 0.3) is 11.1 Å². The number of anilines is 2. The van der Waals surface area contributed by atoms with Crippen LogP contribution < -0.4 is 5.32 Å². The molecule has 5 heteroatoms. The third kappa shape index (κ3) is 2.04. The molecule has 19 heavy (non-hydrogen) atoms. The quantitative estimate of drug-likeness (QED) is 0.759. The number of furan rings is 1. The number of para-hydroxylation sites is 1. The van der Waals surface area contributed by atoms with E-state index < -0.39 is 0 Å². The van der Waals surface area contributed by atoms with Crippen molar-refractivity contribution in [1.29, 1.82) is 0 Å². The van der Waals surface area contributed by atoms with Gasteiger partial charge in [-0.05, 0) is 26.0 Å². The van der Waals surface area contributed by atoms with E-state index in [4.69, 9.17) is 16.0 Å². The van der Waals surface area contributed by atoms with Crippen LogP contribution in [0.2, 0.25) is 5.02 Å². The van der Waals surface area contributed by atoms with E-state index in [-0.39, 0.29) is 0 Å². The van der Waals surface area contributed by atoms with Crippen molar-refractivity contribution in [2.75, 3.05) is 5.32 Å². The first-order valence-electron chi connectivity index (χ1n) is 5.89. The molecule has 96 valence electrons. The van der Waals surface area contributed by atoms with Gasteiger partial charge in [-0.25, -0.2) is 9.97 Å². The monoisotopic (exact) mass is 273 g/mol. The fraction of sp³-hybridized carbons (Fsp3) is 0.143. The first kappa shape index (κ1) is 12.0. The Hall–Kier alpha value is -2.07. The molecule has 2 heterocycles. The van der Waals surface area contributed by atoms with E-state index in [1.165, 1.54) is 6.33 Å². The Morgan fingerprint density at radius 3 is 2.74 bits per heavy atom. The molecule has 3 aromatic rings. The number of hydrogen-bond acceptors (Lipinski definition) is 4. The van der Waals surface area contributed by atoms with Gasteiger partial charge in [0.2, 0.25) is 5.71 Å². The molecule has 0 saturated heterocycles. The van der Waals surface area contributed by atoms with Crippen LogP contribution in [-0.4, -0.2) is 9.97 Å². The van der Waals surface area contributed by atoms with Gasteiger partial charge >= 0.3 is 0 Å². The molecule has 0 atom stereocenters. The second-order valence-electron chi connectivity index (χ2n) is 4.29. The molecule has 0 bridgehead atoms. The Balaban J connectivity index is 2.13. The molecule has 0 radical (unpaired) electrons. The summed E-state index contributed by atoms with van der Waals surface area (Å²) in [6.07, 6.45) is 1.48. The lowest BCUT2D eigenvalue weighted by Gasteiger charge is -2.07. The van der Waals surface area contributed by atoms with Crippen molar-refractivity contribution in [3.05, 3.63) is 46.9 Å². The van der Waals surface area contributed by atoms with E-state index in [9.17, 15) is 0 Å². The lowest BCUT2D eigenvalue weighted by molar-refractivity contribution is 0.564. The largest absolute Gasteiger partial charge is 0.443 e. The summed E-state index contributed by atoms with van der Waals surface area (Å²) >= 11 is 6.14. The van der Waals surface area contributed by atoms with Gasteiger partial charge < -0.3 is 9.73 Å². The SMILES string of the molecule is Cc1oc2ncnc(Nc3ccccc3Cl)c2c1C. The maximum Gasteiger partial charge on any atom is 0.231 e. The lowest BCUT2D eigenvalue weighted by atomic mass is 10.2. The number of nitrogens with one attached hydrogen (secondary N) is 1. The van der Waals surface area contributed by atoms with Gasteiger partial charge in [0.25, 0.3) is 0 Å². The molecule has 0 unspecified atom stereocenters. The molecule has 1 aromatic carbocycles. The number of nitrogens with zero attached hydrogens (tertiary/aromatic N) is 2. The fourth-order valence-corrected chi connectivity index (χ4v) is 2.15. The topological polar surface area (TPSA) is 51.0 Å². The summed E-state index contributed by atoms with van der Waals surface area (Å²) < 4.78 is 5.58. The molecule has 2 aromatic heterocycles. The van der Waals surface area contributed by atoms with Crippen LogP contribution in [0.5, 0.6) is 0 Å². The van der Waals surface area contributed by atoms with Crippen molar-refractivity contribution in [2.24, 2.45) is 0 Å². The molecular weight excluding hydrogens is 262 g/mol. The Morgan fingerprint density at radius 1 is 1.16 bits per heavy atom. The van der Waals surface area contributed by atoms with Crippen molar-refractivity contribution < 1.29 is 4.42 Å². The minimum Gasteiger partial charge on any atom is -0.443 e. The second kappa shape index (κ2) is 4.55. The summed E-state index contributed by atoms with van der Waals surface area (Å²) in [5.74, 6) is 1.55. The van der Waals surface area contributed by atoms with Gasteiger partial charge in [-0.2, -0.15) is 0 Å². The average molecular weight is 274 g/mol. The molecular formula is C14H12ClN3O. The Bertz CT molecular complexity index is 752. The number of aryl methyl sites for hydroxylation is 2. The van der Waals surface area contributed by atoms with Crippen molar-refractivity contribution in [3.63, 3.8) is 0 Å². The molecule has 0 aliphatic heterocycles. The highest BCUT2D eigenvalue weighted by molar-refractivity contribution is 6.33. The zero-order valence-corrected chi connectivity index (χ0v) is 11.3. The van der Waals surface area contributed by atoms with Crippen LogP contribution in [0, 0.1) is 13.8 Å². The lowest BCUT2D eigenvalue weighted by Crippen LogP contribution is -1.96. The van der Waals surface area contributed by atoms with Gasteiger partial charge in [-0.1, -0.05) is 23.7 Å². The third-order valence-corrected chi connectivity index (χ3v) is 3.42. The predicted molar refractivity (Wildman–Crippen MR) is 76.0 cm³/mol. The van der Waals surface area contributed by atoms with Crippen LogP contribution in [0.3, 0.4) is 0 Å². The normalized spacial score (nSPS) is 10.9. The van der Waals surface area contributed by atoms with E-state index in [1.807, 2.05) is 38.1 Å². The summed E-state index contributed by atoms with van der Waals surface area (Å²) in [6, 6.07) is 7.53. The second-order valence-corrected chi connectivity index (χ2v) is 4.70. The minimum atomic E-state index is 0.583. The third-order valence-electron chi connectivity index (χ3n) is 3.09. The maximum absolute atomic E-state index is 6.14. The van der Waals surface area contributed by atoms with Crippen molar-refractivity contribution in [2.45, 2.75) is 13.8 Å². The summed E-state index contributed by atoms with van der Waals surface area (Å²) in [7, 11) is 0. The first-order valence-corrected chi connectivity index (χ1v) is 6.27. The van der Waals surface area contributed by atoms with Gasteiger partial charge in [-0.3, -0.25) is 0 Å². The van der Waals surface area contributed by atoms with E-state index in [2.05, 4.69) is 15.3 Å². The van der Waals surface area contributed by atoms with Crippen molar-refractivity contribution in [1.82, 2.24) is 9.97 Å². The molecule has 0 amide bonds. The summed E-state index contributed by atoms with van der Waals surface area (Å²) in [4.78, 5) is 8.41. The van der Waals surface area contributed by atoms with Gasteiger partial charge in [0.15, 0.2) is 0 Å². The summed E-state index contributed by atoms with van der Waals surface area (Å²) in [6.45, 7) is 3.90. The van der Waals surface area contributed by atoms with Crippen LogP contribution in [-0.2, 0) is 0 Å². The highest BCUT2D eigenvalue weighted by Crippen LogP contribution is 2.31. The number of aromatic nitrogens is 2. The summed E-state index contributed by atoms with van der Waals surface area (Å²) in [5, 5.41) is 4.76. The number of benzene rings is 1. The predicted octanol–water partition coefficient (Wildman–Crippen LogP) is 4.24. The van der Waals surface area contributed by atoms with Crippen LogP contribution >= 0.6 is 11.6 Å². The smallest absolute Gasteiger partial charge is 0.231 e. The van der Waals surface area contributed by atoms with E-state index >= 15 is 0 Å². The van der Waals surface area contributed by atoms with E-state index in [1.54, 1.807) is 0 Å². The fourth-order valence-electron chi connectivity index (χ4n) is 1.97. The average Bonchev–Trinajstić information content (AvgIpc) is 2.69. The van der Waals surface area contributed by atoms with Crippen molar-refractivity contribution >= 4 is 34.2 Å². The number of halogens is 1. The van der Waals surface area contributed by atoms with Crippen molar-refractivity contribution in [3.8, 4) is 0 Å². The molecule has 4 nitrogen and oxygen atoms in total. The Morgan fingerprint density at radius 2 is 1.95 bits per heavy atom. The van der Waals surface area contributed by atoms with Crippen LogP contribution in [0.15, 0.2) is 35.0 Å². The highest BCUT2D eigenvalue weighted by Gasteiger charge is 2.14. The molecule has 0 aliphatic carbocycles. The first-order chi connectivity index (χ1) is 9.16. The molecule has 1 N–H and O–H groups in total. The maximum atomic E-state index is 6.14. The molecule has 0 aliphatic rings. The molecule has 0 saturated carbocycles. The number of rotatable bonds is 2. The Kier molecular flexibility index (Phi) is 2.87. The molecule has 3 rings (SSSR count). The van der Waals surface area contributed by atoms with Gasteiger partial charge in [0.05, 0.1) is 16.1 Å². The standard InChI is InChI=1S/C14H12ClN3O/c1-8-9(2)19-14-12(8)13(16-7-17-14)18-11-6-4-3-5-10(11)15/h3-7H,1-2H3,(H,16,17,18). The Labute approximate surface area is 115 Å². The minimum absolute atomic E-state index is 0.583. The highest BCUT2D eigenvalue weighted by atomic mass is 35.5. The zero-order chi connectivity index (χ0) is 13.4. The number of fused-ring (bicyclic) bond motifs is 1. The zero-order valence-electron chi connectivity index (χ0n) is 10.6. The van der Waals surface area contributed by atoms with Gasteiger partial charge in [0.1, 0.15) is 17.9 Å². The van der Waals surface area contributed by atoms with Crippen LogP contribution in [0.1, 0.15) is 11.3 Å². The summed E-state index contributed by atoms with van der Waals surface area (Å²) in [5.41, 5.74) is 2.42. The van der Waals surface area contributed by atoms with E-state index in [0.717, 1.165) is 22.4 Å². The van der Waals surface area contributed by atoms with Gasteiger partial charge in [-0.15, -0.1) is 0 Å². The van der Waals surface area contributed by atoms with Crippen LogP contribution in [0.4, 0.5) is 11.5 Å². The van der Waals surface area contributed by atoms with Gasteiger partial charge in [0, 0.05) is 5.56 Å². The van der Waals surface area contributed by atoms with E-state index in [0.29, 0.717) is 16.6 Å². The number of hydrogen-bond donors (Lipinski definition) is 1. The molecule has 0 fully saturated rings.